The van der Waals surface area contributed by atoms with Crippen molar-refractivity contribution in [3.63, 3.8) is 0 Å². The van der Waals surface area contributed by atoms with Gasteiger partial charge in [-0.3, -0.25) is 14.4 Å². The van der Waals surface area contributed by atoms with E-state index in [9.17, 15) is 14.4 Å². The fourth-order valence-corrected chi connectivity index (χ4v) is 2.64. The van der Waals surface area contributed by atoms with Crippen LogP contribution in [0.4, 0.5) is 0 Å². The summed E-state index contributed by atoms with van der Waals surface area (Å²) < 4.78 is 0. The van der Waals surface area contributed by atoms with Crippen LogP contribution in [0.25, 0.3) is 0 Å². The van der Waals surface area contributed by atoms with Crippen LogP contribution >= 0.6 is 0 Å². The summed E-state index contributed by atoms with van der Waals surface area (Å²) in [5, 5.41) is 24.8. The second-order valence-corrected chi connectivity index (χ2v) is 7.67. The van der Waals surface area contributed by atoms with Crippen LogP contribution < -0.4 is 0 Å². The molecule has 7 heteroatoms. The molecule has 0 unspecified atom stereocenters. The van der Waals surface area contributed by atoms with Gasteiger partial charge in [0, 0.05) is 61.0 Å². The van der Waals surface area contributed by atoms with Crippen molar-refractivity contribution < 1.29 is 71.5 Å². The first kappa shape index (κ1) is 38.1. The molecule has 0 saturated carbocycles. The Morgan fingerprint density at radius 1 is 0.419 bits per heavy atom. The van der Waals surface area contributed by atoms with E-state index < -0.39 is 17.9 Å². The number of carboxylic acid groups (broad SMARTS) is 3. The van der Waals surface area contributed by atoms with Gasteiger partial charge in [0.25, 0.3) is 0 Å². The Hall–Kier alpha value is -0.213. The molecule has 0 aliphatic heterocycles. The van der Waals surface area contributed by atoms with Gasteiger partial charge in [0.2, 0.25) is 0 Å². The van der Waals surface area contributed by atoms with E-state index in [2.05, 4.69) is 20.8 Å². The van der Waals surface area contributed by atoms with Crippen molar-refractivity contribution in [2.45, 2.75) is 136 Å². The predicted octanol–water partition coefficient (Wildman–Crippen LogP) is 7.29. The Bertz CT molecular complexity index is 331. The molecule has 31 heavy (non-hydrogen) atoms. The molecule has 0 bridgehead atoms. The quantitative estimate of drug-likeness (QED) is 0.149. The smallest absolute Gasteiger partial charge is 0.303 e. The maximum atomic E-state index is 10.0. The second-order valence-electron chi connectivity index (χ2n) is 7.67. The average Bonchev–Trinajstić information content (AvgIpc) is 2.68. The number of carbonyl (C=O) groups is 3. The van der Waals surface area contributed by atoms with Crippen molar-refractivity contribution in [3.05, 3.63) is 0 Å². The third-order valence-electron chi connectivity index (χ3n) is 4.48. The van der Waals surface area contributed by atoms with E-state index in [4.69, 9.17) is 15.3 Å². The summed E-state index contributed by atoms with van der Waals surface area (Å²) in [4.78, 5) is 30.1. The van der Waals surface area contributed by atoms with Crippen molar-refractivity contribution in [2.75, 3.05) is 0 Å². The Morgan fingerprint density at radius 3 is 0.774 bits per heavy atom. The van der Waals surface area contributed by atoms with Crippen LogP contribution in [-0.2, 0) is 14.4 Å². The van der Waals surface area contributed by atoms with Gasteiger partial charge in [-0.2, -0.15) is 0 Å². The first-order valence-electron chi connectivity index (χ1n) is 12.0. The van der Waals surface area contributed by atoms with Gasteiger partial charge in [0.1, 0.15) is 0 Å². The van der Waals surface area contributed by atoms with Crippen molar-refractivity contribution in [1.82, 2.24) is 0 Å². The molecule has 184 valence electrons. The average molecular weight is 573 g/mol. The molecule has 0 fully saturated rings. The molecule has 0 aromatic carbocycles. The van der Waals surface area contributed by atoms with E-state index in [0.717, 1.165) is 38.5 Å². The summed E-state index contributed by atoms with van der Waals surface area (Å²) in [7, 11) is 0. The number of aliphatic carboxylic acids is 3. The first-order chi connectivity index (χ1) is 14.3. The monoisotopic (exact) mass is 572 g/mol. The minimum Gasteiger partial charge on any atom is -0.481 e. The molecule has 0 saturated heterocycles. The minimum absolute atomic E-state index is 0. The first-order valence-corrected chi connectivity index (χ1v) is 12.0. The van der Waals surface area contributed by atoms with Crippen LogP contribution in [0.5, 0.6) is 0 Å². The summed E-state index contributed by atoms with van der Waals surface area (Å²) in [6, 6.07) is 0. The van der Waals surface area contributed by atoms with Crippen molar-refractivity contribution in [3.8, 4) is 0 Å². The third kappa shape index (κ3) is 53.2. The molecule has 0 rings (SSSR count). The molecule has 6 nitrogen and oxygen atoms in total. The number of hydrogen-bond acceptors (Lipinski definition) is 3. The number of unbranched alkanes of at least 4 members (excludes halogenated alkanes) is 12. The van der Waals surface area contributed by atoms with E-state index in [0.29, 0.717) is 19.3 Å². The van der Waals surface area contributed by atoms with Gasteiger partial charge >= 0.3 is 17.9 Å². The summed E-state index contributed by atoms with van der Waals surface area (Å²) >= 11 is 0. The standard InChI is InChI=1S/3C8H16O2.Ce/c3*1-2-3-4-5-6-7-8(9)10;/h3*2-7H2,1H3,(H,9,10);. The topological polar surface area (TPSA) is 112 Å². The molecule has 0 spiro atoms. The Labute approximate surface area is 224 Å². The van der Waals surface area contributed by atoms with Crippen LogP contribution in [0.1, 0.15) is 136 Å². The zero-order valence-corrected chi connectivity index (χ0v) is 23.4. The molecule has 3 N–H and O–H groups in total. The molecular weight excluding hydrogens is 524 g/mol. The van der Waals surface area contributed by atoms with Crippen LogP contribution in [0.2, 0.25) is 0 Å². The summed E-state index contributed by atoms with van der Waals surface area (Å²) in [5.74, 6) is -2.01. The van der Waals surface area contributed by atoms with E-state index in [1.807, 2.05) is 0 Å². The van der Waals surface area contributed by atoms with Gasteiger partial charge in [-0.1, -0.05) is 97.8 Å². The molecule has 0 radical (unpaired) electrons. The fraction of sp³-hybridized carbons (Fsp3) is 0.875. The summed E-state index contributed by atoms with van der Waals surface area (Å²) in [5.41, 5.74) is 0. The van der Waals surface area contributed by atoms with Crippen molar-refractivity contribution in [1.29, 1.82) is 0 Å². The number of rotatable bonds is 18. The van der Waals surface area contributed by atoms with Gasteiger partial charge < -0.3 is 15.3 Å². The van der Waals surface area contributed by atoms with Gasteiger partial charge in [0.15, 0.2) is 0 Å². The van der Waals surface area contributed by atoms with Crippen LogP contribution in [0, 0.1) is 41.7 Å². The molecule has 0 atom stereocenters. The molecule has 0 aromatic heterocycles. The molecular formula is C24H48CeO6. The normalized spacial score (nSPS) is 9.39. The second kappa shape index (κ2) is 34.4. The Balaban J connectivity index is -0.000000174. The fourth-order valence-electron chi connectivity index (χ4n) is 2.64. The van der Waals surface area contributed by atoms with Crippen molar-refractivity contribution in [2.24, 2.45) is 0 Å². The summed E-state index contributed by atoms with van der Waals surface area (Å²) in [6.45, 7) is 6.45. The SMILES string of the molecule is CCCCCCCC(=O)O.CCCCCCCC(=O)O.CCCCCCCC(=O)O.[Ce]. The van der Waals surface area contributed by atoms with Crippen LogP contribution in [0.15, 0.2) is 0 Å². The van der Waals surface area contributed by atoms with E-state index in [-0.39, 0.29) is 41.7 Å². The summed E-state index contributed by atoms with van der Waals surface area (Å²) in [6.07, 6.45) is 17.7. The van der Waals surface area contributed by atoms with Gasteiger partial charge in [-0.05, 0) is 19.3 Å². The maximum Gasteiger partial charge on any atom is 0.303 e. The van der Waals surface area contributed by atoms with Gasteiger partial charge in [-0.25, -0.2) is 0 Å². The van der Waals surface area contributed by atoms with Crippen LogP contribution in [-0.4, -0.2) is 33.2 Å². The molecule has 0 aromatic rings. The molecule has 0 aliphatic carbocycles. The van der Waals surface area contributed by atoms with E-state index in [1.165, 1.54) is 57.8 Å². The van der Waals surface area contributed by atoms with Crippen molar-refractivity contribution >= 4 is 17.9 Å². The largest absolute Gasteiger partial charge is 0.481 e. The molecule has 0 heterocycles. The molecule has 0 amide bonds. The predicted molar refractivity (Wildman–Crippen MR) is 123 cm³/mol. The van der Waals surface area contributed by atoms with Gasteiger partial charge in [-0.15, -0.1) is 0 Å². The van der Waals surface area contributed by atoms with E-state index >= 15 is 0 Å². The number of carboxylic acids is 3. The Kier molecular flexibility index (Phi) is 42.2. The zero-order chi connectivity index (χ0) is 23.5. The molecule has 0 aliphatic rings. The van der Waals surface area contributed by atoms with Gasteiger partial charge in [0.05, 0.1) is 0 Å². The zero-order valence-electron chi connectivity index (χ0n) is 20.3. The number of hydrogen-bond donors (Lipinski definition) is 3. The third-order valence-corrected chi connectivity index (χ3v) is 4.48. The maximum absolute atomic E-state index is 10.0. The van der Waals surface area contributed by atoms with E-state index in [1.54, 1.807) is 0 Å². The van der Waals surface area contributed by atoms with Crippen LogP contribution in [0.3, 0.4) is 0 Å². The minimum atomic E-state index is -0.670. The Morgan fingerprint density at radius 2 is 0.613 bits per heavy atom.